The Morgan fingerprint density at radius 1 is 1.59 bits per heavy atom. The van der Waals surface area contributed by atoms with E-state index in [2.05, 4.69) is 5.32 Å². The van der Waals surface area contributed by atoms with E-state index in [4.69, 9.17) is 26.0 Å². The van der Waals surface area contributed by atoms with Gasteiger partial charge in [-0.25, -0.2) is 4.79 Å². The Hall–Kier alpha value is -0.690. The van der Waals surface area contributed by atoms with Gasteiger partial charge in [0.25, 0.3) is 12.5 Å². The molecule has 0 radical (unpaired) electrons. The maximum atomic E-state index is 11.7. The van der Waals surface area contributed by atoms with E-state index in [0.29, 0.717) is 13.2 Å². The van der Waals surface area contributed by atoms with E-state index < -0.39 is 24.7 Å². The second kappa shape index (κ2) is 5.77. The Kier molecular flexibility index (Phi) is 4.88. The zero-order valence-electron chi connectivity index (χ0n) is 9.58. The molecule has 98 valence electrons. The van der Waals surface area contributed by atoms with Gasteiger partial charge in [0.05, 0.1) is 19.8 Å². The van der Waals surface area contributed by atoms with Crippen LogP contribution in [0.5, 0.6) is 0 Å². The maximum Gasteiger partial charge on any atom is 0.405 e. The molecule has 1 heterocycles. The molecule has 0 aliphatic carbocycles. The molecule has 0 aromatic rings. The minimum absolute atomic E-state index is 0.197. The Morgan fingerprint density at radius 3 is 2.47 bits per heavy atom. The summed E-state index contributed by atoms with van der Waals surface area (Å²) in [6, 6.07) is -0.740. The minimum Gasteiger partial charge on any atom is -0.465 e. The molecule has 2 N–H and O–H groups in total. The van der Waals surface area contributed by atoms with Gasteiger partial charge in [0, 0.05) is 0 Å². The summed E-state index contributed by atoms with van der Waals surface area (Å²) in [4.78, 5) is 22.1. The van der Waals surface area contributed by atoms with E-state index in [1.807, 2.05) is 0 Å². The highest BCUT2D eigenvalue weighted by Crippen LogP contribution is 2.55. The third-order valence-corrected chi connectivity index (χ3v) is 5.43. The van der Waals surface area contributed by atoms with Crippen molar-refractivity contribution in [2.24, 2.45) is 0 Å². The van der Waals surface area contributed by atoms with Crippen molar-refractivity contribution in [3.05, 3.63) is 0 Å². The number of carbonyl (C=O) groups excluding carboxylic acids is 1. The molecular formula is C8H15N2O5PS. The summed E-state index contributed by atoms with van der Waals surface area (Å²) in [5, 5.41) is 10.6. The van der Waals surface area contributed by atoms with Crippen LogP contribution in [0.15, 0.2) is 0 Å². The number of hydrogen-bond acceptors (Lipinski definition) is 5. The van der Waals surface area contributed by atoms with Crippen LogP contribution >= 0.6 is 6.64 Å². The van der Waals surface area contributed by atoms with Crippen molar-refractivity contribution in [3.8, 4) is 0 Å². The Labute approximate surface area is 104 Å². The van der Waals surface area contributed by atoms with Gasteiger partial charge < -0.3 is 19.5 Å². The lowest BCUT2D eigenvalue weighted by molar-refractivity contribution is -0.137. The molecule has 0 spiro atoms. The van der Waals surface area contributed by atoms with Gasteiger partial charge in [-0.05, 0) is 25.7 Å². The highest BCUT2D eigenvalue weighted by molar-refractivity contribution is 8.09. The van der Waals surface area contributed by atoms with E-state index in [1.54, 1.807) is 13.8 Å². The molecule has 2 amide bonds. The molecule has 1 rings (SSSR count). The van der Waals surface area contributed by atoms with E-state index in [9.17, 15) is 9.59 Å². The lowest BCUT2D eigenvalue weighted by atomic mass is 10.2. The third kappa shape index (κ3) is 3.16. The molecule has 1 aliphatic rings. The second-order valence-electron chi connectivity index (χ2n) is 3.23. The molecule has 0 saturated carbocycles. The van der Waals surface area contributed by atoms with Crippen LogP contribution in [-0.4, -0.2) is 47.6 Å². The van der Waals surface area contributed by atoms with Crippen molar-refractivity contribution in [1.82, 2.24) is 9.99 Å². The average Bonchev–Trinajstić information content (AvgIpc) is 2.23. The Bertz CT molecular complexity index is 354. The Balaban J connectivity index is 2.65. The van der Waals surface area contributed by atoms with Crippen LogP contribution in [0.4, 0.5) is 4.79 Å². The molecule has 0 aromatic carbocycles. The highest BCUT2D eigenvalue weighted by atomic mass is 32.5. The molecule has 0 aromatic heterocycles. The monoisotopic (exact) mass is 282 g/mol. The van der Waals surface area contributed by atoms with E-state index in [-0.39, 0.29) is 6.54 Å². The van der Waals surface area contributed by atoms with Crippen LogP contribution in [0.25, 0.3) is 0 Å². The first kappa shape index (κ1) is 14.4. The molecule has 9 heteroatoms. The first-order chi connectivity index (χ1) is 7.94. The van der Waals surface area contributed by atoms with Gasteiger partial charge in [-0.1, -0.05) is 0 Å². The Morgan fingerprint density at radius 2 is 2.12 bits per heavy atom. The number of nitrogens with zero attached hydrogens (tertiary/aromatic N) is 1. The van der Waals surface area contributed by atoms with E-state index >= 15 is 0 Å². The molecule has 0 unspecified atom stereocenters. The quantitative estimate of drug-likeness (QED) is 0.552. The number of carbonyl (C=O) groups is 2. The fourth-order valence-electron chi connectivity index (χ4n) is 1.39. The van der Waals surface area contributed by atoms with Crippen molar-refractivity contribution in [2.75, 3.05) is 19.8 Å². The number of carboxylic acid groups (broad SMARTS) is 1. The van der Waals surface area contributed by atoms with Crippen molar-refractivity contribution in [2.45, 2.75) is 19.9 Å². The smallest absolute Gasteiger partial charge is 0.405 e. The summed E-state index contributed by atoms with van der Waals surface area (Å²) in [5.41, 5.74) is 0. The van der Waals surface area contributed by atoms with Crippen molar-refractivity contribution in [3.63, 3.8) is 0 Å². The summed E-state index contributed by atoms with van der Waals surface area (Å²) in [6.07, 6.45) is -1.23. The largest absolute Gasteiger partial charge is 0.465 e. The first-order valence-electron chi connectivity index (χ1n) is 5.15. The maximum absolute atomic E-state index is 11.7. The highest BCUT2D eigenvalue weighted by Gasteiger charge is 2.46. The summed E-state index contributed by atoms with van der Waals surface area (Å²) >= 11 is 5.21. The molecule has 1 saturated heterocycles. The van der Waals surface area contributed by atoms with Gasteiger partial charge in [0.15, 0.2) is 0 Å². The number of β-lactam (4-membered cyclic amide) rings is 1. The molecule has 17 heavy (non-hydrogen) atoms. The van der Waals surface area contributed by atoms with Crippen LogP contribution < -0.4 is 5.32 Å². The van der Waals surface area contributed by atoms with E-state index in [0.717, 1.165) is 0 Å². The van der Waals surface area contributed by atoms with Crippen molar-refractivity contribution in [1.29, 1.82) is 0 Å². The van der Waals surface area contributed by atoms with Gasteiger partial charge in [-0.15, -0.1) is 0 Å². The van der Waals surface area contributed by atoms with Crippen molar-refractivity contribution < 1.29 is 23.7 Å². The van der Waals surface area contributed by atoms with Gasteiger partial charge in [0.1, 0.15) is 6.04 Å². The molecule has 1 aliphatic heterocycles. The number of hydrogen-bond donors (Lipinski definition) is 2. The van der Waals surface area contributed by atoms with Crippen LogP contribution in [0.1, 0.15) is 13.8 Å². The summed E-state index contributed by atoms with van der Waals surface area (Å²) in [7, 11) is 0. The predicted molar refractivity (Wildman–Crippen MR) is 64.2 cm³/mol. The zero-order chi connectivity index (χ0) is 13.1. The van der Waals surface area contributed by atoms with Crippen molar-refractivity contribution >= 4 is 30.4 Å². The van der Waals surface area contributed by atoms with Crippen LogP contribution in [0.3, 0.4) is 0 Å². The average molecular weight is 282 g/mol. The predicted octanol–water partition coefficient (Wildman–Crippen LogP) is 0.762. The van der Waals surface area contributed by atoms with Crippen LogP contribution in [0, 0.1) is 0 Å². The standard InChI is InChI=1S/C8H15N2O5PS/c1-3-14-16(17,15-4-2)10-5-6(7(10)11)9-8(12)13/h6,9H,3-5H2,1-2H3,(H,12,13)/t6-/m0/s1. The number of rotatable bonds is 6. The number of nitrogens with one attached hydrogen (secondary N) is 1. The van der Waals surface area contributed by atoms with Gasteiger partial charge >= 0.3 is 6.09 Å². The molecule has 1 fully saturated rings. The lowest BCUT2D eigenvalue weighted by Crippen LogP contribution is -2.62. The normalized spacial score (nSPS) is 20.0. The van der Waals surface area contributed by atoms with E-state index in [1.165, 1.54) is 4.67 Å². The number of amides is 2. The molecular weight excluding hydrogens is 267 g/mol. The molecule has 0 bridgehead atoms. The zero-order valence-corrected chi connectivity index (χ0v) is 11.3. The topological polar surface area (TPSA) is 88.1 Å². The van der Waals surface area contributed by atoms with Gasteiger partial charge in [-0.2, -0.15) is 0 Å². The summed E-state index contributed by atoms with van der Waals surface area (Å²) in [6.45, 7) is 1.63. The van der Waals surface area contributed by atoms with Crippen LogP contribution in [0.2, 0.25) is 0 Å². The first-order valence-corrected chi connectivity index (χ1v) is 7.74. The molecule has 1 atom stereocenters. The third-order valence-electron chi connectivity index (χ3n) is 2.09. The minimum atomic E-state index is -2.78. The van der Waals surface area contributed by atoms with Gasteiger partial charge in [-0.3, -0.25) is 9.46 Å². The summed E-state index contributed by atoms with van der Waals surface area (Å²) in [5.74, 6) is -0.391. The molecule has 7 nitrogen and oxygen atoms in total. The SMILES string of the molecule is CCOP(=S)(OCC)N1C[C@H](NC(=O)O)C1=O. The fraction of sp³-hybridized carbons (Fsp3) is 0.750. The van der Waals surface area contributed by atoms with Gasteiger partial charge in [0.2, 0.25) is 0 Å². The second-order valence-corrected chi connectivity index (χ2v) is 6.55. The lowest BCUT2D eigenvalue weighted by Gasteiger charge is -2.43. The fourth-order valence-corrected chi connectivity index (χ4v) is 4.21. The van der Waals surface area contributed by atoms with Crippen LogP contribution in [-0.2, 0) is 25.6 Å². The summed E-state index contributed by atoms with van der Waals surface area (Å²) < 4.78 is 12.0.